The number of alkyl halides is 3. The van der Waals surface area contributed by atoms with Gasteiger partial charge in [0.25, 0.3) is 0 Å². The van der Waals surface area contributed by atoms with Crippen molar-refractivity contribution < 1.29 is 27.4 Å². The van der Waals surface area contributed by atoms with Crippen molar-refractivity contribution in [2.45, 2.75) is 25.3 Å². The van der Waals surface area contributed by atoms with Crippen molar-refractivity contribution in [1.82, 2.24) is 9.88 Å². The van der Waals surface area contributed by atoms with Crippen LogP contribution in [-0.2, 0) is 22.3 Å². The number of amides is 1. The highest BCUT2D eigenvalue weighted by Gasteiger charge is 2.32. The zero-order valence-corrected chi connectivity index (χ0v) is 14.5. The van der Waals surface area contributed by atoms with Crippen molar-refractivity contribution in [2.24, 2.45) is 0 Å². The SMILES string of the molecule is O=C(COCc1ccccc1)N1CCC(Oc2cc(C(F)(F)F)ccn2)C1. The number of hydrogen-bond acceptors (Lipinski definition) is 4. The highest BCUT2D eigenvalue weighted by Crippen LogP contribution is 2.31. The van der Waals surface area contributed by atoms with Crippen molar-refractivity contribution in [1.29, 1.82) is 0 Å². The highest BCUT2D eigenvalue weighted by atomic mass is 19.4. The van der Waals surface area contributed by atoms with Gasteiger partial charge in [0, 0.05) is 25.2 Å². The number of rotatable bonds is 6. The van der Waals surface area contributed by atoms with Crippen molar-refractivity contribution in [3.63, 3.8) is 0 Å². The van der Waals surface area contributed by atoms with Gasteiger partial charge in [0.1, 0.15) is 12.7 Å². The van der Waals surface area contributed by atoms with Crippen LogP contribution in [0.3, 0.4) is 0 Å². The molecule has 1 fully saturated rings. The summed E-state index contributed by atoms with van der Waals surface area (Å²) in [5.74, 6) is -0.265. The van der Waals surface area contributed by atoms with E-state index >= 15 is 0 Å². The topological polar surface area (TPSA) is 51.7 Å². The third-order valence-corrected chi connectivity index (χ3v) is 4.18. The van der Waals surface area contributed by atoms with E-state index in [4.69, 9.17) is 9.47 Å². The lowest BCUT2D eigenvalue weighted by atomic mass is 10.2. The molecule has 0 saturated carbocycles. The van der Waals surface area contributed by atoms with Gasteiger partial charge in [-0.25, -0.2) is 4.98 Å². The van der Waals surface area contributed by atoms with Crippen LogP contribution in [0.1, 0.15) is 17.5 Å². The maximum Gasteiger partial charge on any atom is 0.416 e. The van der Waals surface area contributed by atoms with Crippen LogP contribution >= 0.6 is 0 Å². The number of hydrogen-bond donors (Lipinski definition) is 0. The summed E-state index contributed by atoms with van der Waals surface area (Å²) in [5.41, 5.74) is 0.163. The molecule has 1 amide bonds. The number of carbonyl (C=O) groups excluding carboxylic acids is 1. The molecule has 5 nitrogen and oxygen atoms in total. The normalized spacial score (nSPS) is 17.1. The first-order valence-corrected chi connectivity index (χ1v) is 8.51. The quantitative estimate of drug-likeness (QED) is 0.772. The first-order valence-electron chi connectivity index (χ1n) is 8.51. The van der Waals surface area contributed by atoms with Crippen LogP contribution in [-0.4, -0.2) is 41.6 Å². The summed E-state index contributed by atoms with van der Waals surface area (Å²) >= 11 is 0. The molecule has 1 aliphatic heterocycles. The lowest BCUT2D eigenvalue weighted by Gasteiger charge is -2.17. The van der Waals surface area contributed by atoms with E-state index in [0.29, 0.717) is 26.1 Å². The molecular formula is C19H19F3N2O3. The molecule has 0 radical (unpaired) electrons. The first kappa shape index (κ1) is 19.2. The number of nitrogens with zero attached hydrogens (tertiary/aromatic N) is 2. The fourth-order valence-electron chi connectivity index (χ4n) is 2.79. The molecule has 1 aromatic heterocycles. The largest absolute Gasteiger partial charge is 0.472 e. The van der Waals surface area contributed by atoms with Crippen molar-refractivity contribution in [3.05, 3.63) is 59.8 Å². The summed E-state index contributed by atoms with van der Waals surface area (Å²) in [7, 11) is 0. The minimum Gasteiger partial charge on any atom is -0.472 e. The molecule has 1 saturated heterocycles. The van der Waals surface area contributed by atoms with Gasteiger partial charge in [0.2, 0.25) is 11.8 Å². The Kier molecular flexibility index (Phi) is 5.95. The summed E-state index contributed by atoms with van der Waals surface area (Å²) in [4.78, 5) is 17.6. The van der Waals surface area contributed by atoms with Gasteiger partial charge in [-0.2, -0.15) is 13.2 Å². The molecule has 0 spiro atoms. The van der Waals surface area contributed by atoms with Crippen LogP contribution in [0, 0.1) is 0 Å². The molecule has 2 heterocycles. The van der Waals surface area contributed by atoms with Gasteiger partial charge in [-0.15, -0.1) is 0 Å². The minimum absolute atomic E-state index is 0.0522. The molecule has 3 rings (SSSR count). The summed E-state index contributed by atoms with van der Waals surface area (Å²) in [6.45, 7) is 1.06. The Labute approximate surface area is 154 Å². The maximum absolute atomic E-state index is 12.7. The third-order valence-electron chi connectivity index (χ3n) is 4.18. The molecule has 1 atom stereocenters. The lowest BCUT2D eigenvalue weighted by molar-refractivity contribution is -0.137. The molecule has 0 N–H and O–H groups in total. The summed E-state index contributed by atoms with van der Waals surface area (Å²) in [6, 6.07) is 11.3. The fourth-order valence-corrected chi connectivity index (χ4v) is 2.79. The van der Waals surface area contributed by atoms with Crippen LogP contribution in [0.2, 0.25) is 0 Å². The Balaban J connectivity index is 1.46. The van der Waals surface area contributed by atoms with Gasteiger partial charge < -0.3 is 14.4 Å². The van der Waals surface area contributed by atoms with Crippen molar-refractivity contribution in [2.75, 3.05) is 19.7 Å². The second-order valence-corrected chi connectivity index (χ2v) is 6.23. The molecule has 0 bridgehead atoms. The lowest BCUT2D eigenvalue weighted by Crippen LogP contribution is -2.33. The highest BCUT2D eigenvalue weighted by molar-refractivity contribution is 5.77. The molecule has 8 heteroatoms. The van der Waals surface area contributed by atoms with Crippen LogP contribution in [0.4, 0.5) is 13.2 Å². The average Bonchev–Trinajstić information content (AvgIpc) is 3.11. The van der Waals surface area contributed by atoms with Crippen LogP contribution < -0.4 is 4.74 Å². The number of benzene rings is 1. The molecule has 1 aliphatic rings. The number of halogens is 3. The molecule has 2 aromatic rings. The predicted octanol–water partition coefficient (Wildman–Crippen LogP) is 3.30. The predicted molar refractivity (Wildman–Crippen MR) is 91.0 cm³/mol. The van der Waals surface area contributed by atoms with E-state index in [0.717, 1.165) is 23.9 Å². The Morgan fingerprint density at radius 1 is 1.22 bits per heavy atom. The van der Waals surface area contributed by atoms with Gasteiger partial charge in [-0.3, -0.25) is 4.79 Å². The van der Waals surface area contributed by atoms with E-state index in [2.05, 4.69) is 4.98 Å². The molecule has 144 valence electrons. The van der Waals surface area contributed by atoms with E-state index in [9.17, 15) is 18.0 Å². The number of likely N-dealkylation sites (tertiary alicyclic amines) is 1. The van der Waals surface area contributed by atoms with Gasteiger partial charge in [-0.1, -0.05) is 30.3 Å². The zero-order valence-electron chi connectivity index (χ0n) is 14.5. The number of carbonyl (C=O) groups is 1. The van der Waals surface area contributed by atoms with Crippen molar-refractivity contribution >= 4 is 5.91 Å². The Morgan fingerprint density at radius 2 is 2.00 bits per heavy atom. The molecule has 27 heavy (non-hydrogen) atoms. The van der Waals surface area contributed by atoms with Gasteiger partial charge in [0.05, 0.1) is 18.7 Å². The second-order valence-electron chi connectivity index (χ2n) is 6.23. The Hall–Kier alpha value is -2.61. The second kappa shape index (κ2) is 8.39. The molecule has 0 aliphatic carbocycles. The summed E-state index contributed by atoms with van der Waals surface area (Å²) in [6.07, 6.45) is -3.25. The van der Waals surface area contributed by atoms with E-state index in [1.165, 1.54) is 0 Å². The average molecular weight is 380 g/mol. The third kappa shape index (κ3) is 5.43. The van der Waals surface area contributed by atoms with Crippen LogP contribution in [0.25, 0.3) is 0 Å². The number of aromatic nitrogens is 1. The summed E-state index contributed by atoms with van der Waals surface area (Å²) in [5, 5.41) is 0. The monoisotopic (exact) mass is 380 g/mol. The van der Waals surface area contributed by atoms with E-state index in [1.807, 2.05) is 30.3 Å². The Morgan fingerprint density at radius 3 is 2.74 bits per heavy atom. The summed E-state index contributed by atoms with van der Waals surface area (Å²) < 4.78 is 49.2. The molecule has 1 unspecified atom stereocenters. The van der Waals surface area contributed by atoms with Gasteiger partial charge in [0.15, 0.2) is 0 Å². The number of ether oxygens (including phenoxy) is 2. The molecular weight excluding hydrogens is 361 g/mol. The van der Waals surface area contributed by atoms with E-state index in [1.54, 1.807) is 4.90 Å². The fraction of sp³-hybridized carbons (Fsp3) is 0.368. The molecule has 1 aromatic carbocycles. The number of pyridine rings is 1. The van der Waals surface area contributed by atoms with E-state index in [-0.39, 0.29) is 24.5 Å². The van der Waals surface area contributed by atoms with E-state index < -0.39 is 11.7 Å². The maximum atomic E-state index is 12.7. The van der Waals surface area contributed by atoms with Crippen molar-refractivity contribution in [3.8, 4) is 5.88 Å². The van der Waals surface area contributed by atoms with Gasteiger partial charge >= 0.3 is 6.18 Å². The van der Waals surface area contributed by atoms with Crippen LogP contribution in [0.5, 0.6) is 5.88 Å². The van der Waals surface area contributed by atoms with Gasteiger partial charge in [-0.05, 0) is 11.6 Å². The zero-order chi connectivity index (χ0) is 19.3. The first-order chi connectivity index (χ1) is 12.9. The smallest absolute Gasteiger partial charge is 0.416 e. The van der Waals surface area contributed by atoms with Crippen LogP contribution in [0.15, 0.2) is 48.7 Å². The standard InChI is InChI=1S/C19H19F3N2O3/c20-19(21,22)15-6-8-23-17(10-15)27-16-7-9-24(11-16)18(25)13-26-12-14-4-2-1-3-5-14/h1-6,8,10,16H,7,9,11-13H2. The Bertz CT molecular complexity index is 768. The minimum atomic E-state index is -4.45.